The number of halogens is 2. The van der Waals surface area contributed by atoms with E-state index in [1.54, 1.807) is 12.1 Å². The zero-order chi connectivity index (χ0) is 16.2. The van der Waals surface area contributed by atoms with Crippen molar-refractivity contribution in [3.63, 3.8) is 0 Å². The van der Waals surface area contributed by atoms with E-state index in [4.69, 9.17) is 0 Å². The van der Waals surface area contributed by atoms with E-state index >= 15 is 0 Å². The second-order valence-electron chi connectivity index (χ2n) is 5.03. The molecule has 0 heterocycles. The summed E-state index contributed by atoms with van der Waals surface area (Å²) in [4.78, 5) is 11.9. The molecular formula is C13H18Br2N2O3S. The molecule has 0 aliphatic carbocycles. The van der Waals surface area contributed by atoms with Gasteiger partial charge in [-0.25, -0.2) is 8.42 Å². The summed E-state index contributed by atoms with van der Waals surface area (Å²) in [6.45, 7) is 4.26. The third kappa shape index (κ3) is 5.36. The maximum atomic E-state index is 12.4. The van der Waals surface area contributed by atoms with Gasteiger partial charge in [-0.2, -0.15) is 4.31 Å². The first-order chi connectivity index (χ1) is 9.64. The molecule has 1 amide bonds. The van der Waals surface area contributed by atoms with Gasteiger partial charge in [-0.1, -0.05) is 29.8 Å². The summed E-state index contributed by atoms with van der Waals surface area (Å²) in [5, 5.41) is 2.70. The van der Waals surface area contributed by atoms with Crippen LogP contribution >= 0.6 is 31.9 Å². The van der Waals surface area contributed by atoms with Gasteiger partial charge in [0.15, 0.2) is 0 Å². The largest absolute Gasteiger partial charge is 0.355 e. The summed E-state index contributed by atoms with van der Waals surface area (Å²) >= 11 is 6.50. The third-order valence-electron chi connectivity index (χ3n) is 2.66. The highest BCUT2D eigenvalue weighted by atomic mass is 79.9. The van der Waals surface area contributed by atoms with Crippen molar-refractivity contribution >= 4 is 47.8 Å². The smallest absolute Gasteiger partial charge is 0.244 e. The minimum absolute atomic E-state index is 0.129. The second kappa shape index (κ2) is 7.71. The van der Waals surface area contributed by atoms with Crippen LogP contribution in [0.3, 0.4) is 0 Å². The first-order valence-corrected chi connectivity index (χ1v) is 9.35. The lowest BCUT2D eigenvalue weighted by Crippen LogP contribution is -2.39. The van der Waals surface area contributed by atoms with E-state index in [9.17, 15) is 13.2 Å². The minimum atomic E-state index is -3.72. The maximum absolute atomic E-state index is 12.4. The van der Waals surface area contributed by atoms with Crippen LogP contribution in [0.1, 0.15) is 13.8 Å². The van der Waals surface area contributed by atoms with Crippen LogP contribution in [0.15, 0.2) is 32.0 Å². The van der Waals surface area contributed by atoms with E-state index < -0.39 is 10.0 Å². The normalized spacial score (nSPS) is 12.0. The van der Waals surface area contributed by atoms with Gasteiger partial charge in [0.1, 0.15) is 0 Å². The molecule has 0 fully saturated rings. The van der Waals surface area contributed by atoms with E-state index in [0.29, 0.717) is 16.9 Å². The van der Waals surface area contributed by atoms with Crippen molar-refractivity contribution in [1.82, 2.24) is 9.62 Å². The molecule has 0 bridgehead atoms. The number of hydrogen-bond donors (Lipinski definition) is 1. The Labute approximate surface area is 142 Å². The number of nitrogens with zero attached hydrogens (tertiary/aromatic N) is 1. The zero-order valence-corrected chi connectivity index (χ0v) is 16.0. The zero-order valence-electron chi connectivity index (χ0n) is 12.1. The van der Waals surface area contributed by atoms with Crippen LogP contribution < -0.4 is 5.32 Å². The van der Waals surface area contributed by atoms with Gasteiger partial charge >= 0.3 is 0 Å². The number of likely N-dealkylation sites (N-methyl/N-ethyl adjacent to an activating group) is 1. The summed E-state index contributed by atoms with van der Waals surface area (Å²) < 4.78 is 27.1. The standard InChI is InChI=1S/C13H18Br2N2O3S/c1-9(2)7-16-13(18)8-17(3)21(19,20)12-5-4-10(14)6-11(12)15/h4-6,9H,7-8H2,1-3H3,(H,16,18). The lowest BCUT2D eigenvalue weighted by atomic mass is 10.2. The number of hydrogen-bond acceptors (Lipinski definition) is 3. The number of rotatable bonds is 6. The van der Waals surface area contributed by atoms with E-state index in [2.05, 4.69) is 37.2 Å². The molecule has 0 aliphatic rings. The van der Waals surface area contributed by atoms with E-state index in [1.807, 2.05) is 13.8 Å². The highest BCUT2D eigenvalue weighted by molar-refractivity contribution is 9.11. The Morgan fingerprint density at radius 1 is 1.33 bits per heavy atom. The SMILES string of the molecule is CC(C)CNC(=O)CN(C)S(=O)(=O)c1ccc(Br)cc1Br. The van der Waals surface area contributed by atoms with Crippen molar-refractivity contribution in [2.45, 2.75) is 18.7 Å². The number of nitrogens with one attached hydrogen (secondary N) is 1. The third-order valence-corrected chi connectivity index (χ3v) is 5.93. The summed E-state index contributed by atoms with van der Waals surface area (Å²) in [6.07, 6.45) is 0. The molecule has 21 heavy (non-hydrogen) atoms. The van der Waals surface area contributed by atoms with Gasteiger partial charge in [-0.15, -0.1) is 0 Å². The molecular weight excluding hydrogens is 424 g/mol. The Morgan fingerprint density at radius 3 is 2.48 bits per heavy atom. The topological polar surface area (TPSA) is 66.5 Å². The molecule has 5 nitrogen and oxygen atoms in total. The molecule has 0 radical (unpaired) electrons. The Hall–Kier alpha value is -0.440. The highest BCUT2D eigenvalue weighted by Gasteiger charge is 2.25. The quantitative estimate of drug-likeness (QED) is 0.737. The fourth-order valence-electron chi connectivity index (χ4n) is 1.51. The molecule has 0 saturated carbocycles. The van der Waals surface area contributed by atoms with Crippen LogP contribution in [-0.4, -0.2) is 38.8 Å². The first-order valence-electron chi connectivity index (χ1n) is 6.32. The van der Waals surface area contributed by atoms with E-state index in [1.165, 1.54) is 13.1 Å². The van der Waals surface area contributed by atoms with E-state index in [0.717, 1.165) is 8.78 Å². The molecule has 8 heteroatoms. The average molecular weight is 442 g/mol. The van der Waals surface area contributed by atoms with E-state index in [-0.39, 0.29) is 17.3 Å². The number of benzene rings is 1. The predicted molar refractivity (Wildman–Crippen MR) is 89.5 cm³/mol. The summed E-state index contributed by atoms with van der Waals surface area (Å²) in [7, 11) is -2.33. The van der Waals surface area contributed by atoms with Gasteiger partial charge in [0.2, 0.25) is 15.9 Å². The Morgan fingerprint density at radius 2 is 1.95 bits per heavy atom. The summed E-state index contributed by atoms with van der Waals surface area (Å²) in [5.74, 6) is -0.000472. The number of carbonyl (C=O) groups is 1. The van der Waals surface area contributed by atoms with Crippen molar-refractivity contribution in [1.29, 1.82) is 0 Å². The molecule has 0 spiro atoms. The van der Waals surface area contributed by atoms with Crippen LogP contribution in [0.4, 0.5) is 0 Å². The molecule has 1 rings (SSSR count). The molecule has 1 aromatic carbocycles. The van der Waals surface area contributed by atoms with Gasteiger partial charge in [-0.05, 0) is 40.0 Å². The Balaban J connectivity index is 2.85. The monoisotopic (exact) mass is 440 g/mol. The van der Waals surface area contributed by atoms with Crippen LogP contribution in [0, 0.1) is 5.92 Å². The molecule has 118 valence electrons. The Bertz CT molecular complexity index is 618. The van der Waals surface area contributed by atoms with Gasteiger partial charge in [0, 0.05) is 22.5 Å². The molecule has 0 atom stereocenters. The fourth-order valence-corrected chi connectivity index (χ4v) is 4.34. The Kier molecular flexibility index (Phi) is 6.83. The van der Waals surface area contributed by atoms with Crippen LogP contribution in [0.2, 0.25) is 0 Å². The fraction of sp³-hybridized carbons (Fsp3) is 0.462. The van der Waals surface area contributed by atoms with Crippen molar-refractivity contribution in [3.8, 4) is 0 Å². The number of carbonyl (C=O) groups excluding carboxylic acids is 1. The average Bonchev–Trinajstić information content (AvgIpc) is 2.35. The van der Waals surface area contributed by atoms with Gasteiger partial charge in [-0.3, -0.25) is 4.79 Å². The van der Waals surface area contributed by atoms with Crippen LogP contribution in [0.25, 0.3) is 0 Å². The lowest BCUT2D eigenvalue weighted by molar-refractivity contribution is -0.121. The van der Waals surface area contributed by atoms with Crippen LogP contribution in [-0.2, 0) is 14.8 Å². The first kappa shape index (κ1) is 18.6. The lowest BCUT2D eigenvalue weighted by Gasteiger charge is -2.18. The minimum Gasteiger partial charge on any atom is -0.355 e. The van der Waals surface area contributed by atoms with Gasteiger partial charge in [0.25, 0.3) is 0 Å². The van der Waals surface area contributed by atoms with Gasteiger partial charge in [0.05, 0.1) is 11.4 Å². The molecule has 1 N–H and O–H groups in total. The maximum Gasteiger partial charge on any atom is 0.244 e. The molecule has 0 saturated heterocycles. The molecule has 0 aliphatic heterocycles. The van der Waals surface area contributed by atoms with Crippen molar-refractivity contribution in [3.05, 3.63) is 27.1 Å². The summed E-state index contributed by atoms with van der Waals surface area (Å²) in [5.41, 5.74) is 0. The molecule has 1 aromatic rings. The second-order valence-corrected chi connectivity index (χ2v) is 8.82. The van der Waals surface area contributed by atoms with Crippen molar-refractivity contribution in [2.24, 2.45) is 5.92 Å². The molecule has 0 aromatic heterocycles. The van der Waals surface area contributed by atoms with Crippen LogP contribution in [0.5, 0.6) is 0 Å². The van der Waals surface area contributed by atoms with Crippen molar-refractivity contribution in [2.75, 3.05) is 20.1 Å². The highest BCUT2D eigenvalue weighted by Crippen LogP contribution is 2.27. The predicted octanol–water partition coefficient (Wildman–Crippen LogP) is 2.60. The molecule has 0 unspecified atom stereocenters. The number of sulfonamides is 1. The van der Waals surface area contributed by atoms with Gasteiger partial charge < -0.3 is 5.32 Å². The number of amides is 1. The summed E-state index contributed by atoms with van der Waals surface area (Å²) in [6, 6.07) is 4.79. The van der Waals surface area contributed by atoms with Crippen molar-refractivity contribution < 1.29 is 13.2 Å².